The molecule has 0 spiro atoms. The number of methoxy groups -OCH3 is 2. The first-order chi connectivity index (χ1) is 10.7. The van der Waals surface area contributed by atoms with E-state index >= 15 is 0 Å². The van der Waals surface area contributed by atoms with Gasteiger partial charge in [0.1, 0.15) is 11.3 Å². The third-order valence-electron chi connectivity index (χ3n) is 3.80. The number of hydrogen-bond acceptors (Lipinski definition) is 3. The molecular weight excluding hydrogens is 276 g/mol. The number of benzene rings is 2. The lowest BCUT2D eigenvalue weighted by Gasteiger charge is -2.09. The highest BCUT2D eigenvalue weighted by molar-refractivity contribution is 5.92. The summed E-state index contributed by atoms with van der Waals surface area (Å²) < 4.78 is 10.0. The van der Waals surface area contributed by atoms with Crippen LogP contribution in [0.4, 0.5) is 0 Å². The van der Waals surface area contributed by atoms with E-state index in [1.807, 2.05) is 12.1 Å². The predicted molar refractivity (Wildman–Crippen MR) is 87.6 cm³/mol. The molecule has 2 rings (SSSR count). The van der Waals surface area contributed by atoms with Crippen molar-refractivity contribution in [3.05, 3.63) is 64.7 Å². The molecule has 0 unspecified atom stereocenters. The maximum absolute atomic E-state index is 11.6. The lowest BCUT2D eigenvalue weighted by Crippen LogP contribution is -2.04. The van der Waals surface area contributed by atoms with Gasteiger partial charge in [-0.1, -0.05) is 37.3 Å². The first kappa shape index (κ1) is 16.1. The SMILES string of the molecule is CCc1ccc(CCc2ccc(C(=O)OC)c(OC)c2)cc1. The summed E-state index contributed by atoms with van der Waals surface area (Å²) in [7, 11) is 2.94. The molecule has 0 saturated heterocycles. The second-order valence-electron chi connectivity index (χ2n) is 5.20. The van der Waals surface area contributed by atoms with Crippen molar-refractivity contribution in [3.63, 3.8) is 0 Å². The van der Waals surface area contributed by atoms with E-state index in [1.165, 1.54) is 18.2 Å². The molecule has 0 aromatic heterocycles. The lowest BCUT2D eigenvalue weighted by atomic mass is 10.0. The third-order valence-corrected chi connectivity index (χ3v) is 3.80. The van der Waals surface area contributed by atoms with Gasteiger partial charge in [0.05, 0.1) is 14.2 Å². The maximum atomic E-state index is 11.6. The molecule has 0 bridgehead atoms. The summed E-state index contributed by atoms with van der Waals surface area (Å²) in [4.78, 5) is 11.6. The molecule has 0 aliphatic rings. The number of carbonyl (C=O) groups is 1. The van der Waals surface area contributed by atoms with E-state index in [-0.39, 0.29) is 5.97 Å². The van der Waals surface area contributed by atoms with Crippen LogP contribution in [-0.4, -0.2) is 20.2 Å². The van der Waals surface area contributed by atoms with Gasteiger partial charge < -0.3 is 9.47 Å². The molecular formula is C19H22O3. The second-order valence-corrected chi connectivity index (χ2v) is 5.20. The summed E-state index contributed by atoms with van der Waals surface area (Å²) in [6.07, 6.45) is 2.93. The number of aryl methyl sites for hydroxylation is 3. The van der Waals surface area contributed by atoms with Crippen molar-refractivity contribution in [2.45, 2.75) is 26.2 Å². The quantitative estimate of drug-likeness (QED) is 0.760. The monoisotopic (exact) mass is 298 g/mol. The van der Waals surface area contributed by atoms with Crippen LogP contribution in [0.5, 0.6) is 5.75 Å². The van der Waals surface area contributed by atoms with E-state index in [2.05, 4.69) is 31.2 Å². The molecule has 0 aliphatic heterocycles. The van der Waals surface area contributed by atoms with Crippen LogP contribution in [0.25, 0.3) is 0 Å². The fourth-order valence-electron chi connectivity index (χ4n) is 2.40. The number of hydrogen-bond donors (Lipinski definition) is 0. The van der Waals surface area contributed by atoms with E-state index in [1.54, 1.807) is 13.2 Å². The summed E-state index contributed by atoms with van der Waals surface area (Å²) in [6, 6.07) is 14.3. The zero-order valence-electron chi connectivity index (χ0n) is 13.4. The van der Waals surface area contributed by atoms with Gasteiger partial charge in [-0.15, -0.1) is 0 Å². The minimum absolute atomic E-state index is 0.376. The predicted octanol–water partition coefficient (Wildman–Crippen LogP) is 3.83. The summed E-state index contributed by atoms with van der Waals surface area (Å²) in [6.45, 7) is 2.16. The van der Waals surface area contributed by atoms with Crippen LogP contribution in [0.3, 0.4) is 0 Å². The van der Waals surface area contributed by atoms with Crippen molar-refractivity contribution in [1.29, 1.82) is 0 Å². The average molecular weight is 298 g/mol. The molecule has 0 fully saturated rings. The van der Waals surface area contributed by atoms with Crippen LogP contribution < -0.4 is 4.74 Å². The van der Waals surface area contributed by atoms with Crippen LogP contribution in [0.1, 0.15) is 34.0 Å². The lowest BCUT2D eigenvalue weighted by molar-refractivity contribution is 0.0597. The molecule has 2 aromatic rings. The maximum Gasteiger partial charge on any atom is 0.341 e. The van der Waals surface area contributed by atoms with Crippen molar-refractivity contribution in [2.75, 3.05) is 14.2 Å². The van der Waals surface area contributed by atoms with Crippen LogP contribution in [0.15, 0.2) is 42.5 Å². The zero-order chi connectivity index (χ0) is 15.9. The molecule has 2 aromatic carbocycles. The van der Waals surface area contributed by atoms with Gasteiger partial charge >= 0.3 is 5.97 Å². The second kappa shape index (κ2) is 7.64. The molecule has 0 saturated carbocycles. The smallest absolute Gasteiger partial charge is 0.341 e. The minimum Gasteiger partial charge on any atom is -0.496 e. The Kier molecular flexibility index (Phi) is 5.59. The van der Waals surface area contributed by atoms with Gasteiger partial charge in [0, 0.05) is 0 Å². The van der Waals surface area contributed by atoms with Crippen molar-refractivity contribution in [1.82, 2.24) is 0 Å². The summed E-state index contributed by atoms with van der Waals surface area (Å²) in [5, 5.41) is 0. The fourth-order valence-corrected chi connectivity index (χ4v) is 2.40. The molecule has 0 aliphatic carbocycles. The van der Waals surface area contributed by atoms with Gasteiger partial charge in [-0.25, -0.2) is 4.79 Å². The van der Waals surface area contributed by atoms with Crippen LogP contribution in [-0.2, 0) is 24.0 Å². The highest BCUT2D eigenvalue weighted by Gasteiger charge is 2.12. The molecule has 0 radical (unpaired) electrons. The number of carbonyl (C=O) groups excluding carboxylic acids is 1. The molecule has 0 amide bonds. The van der Waals surface area contributed by atoms with Crippen molar-refractivity contribution >= 4 is 5.97 Å². The molecule has 22 heavy (non-hydrogen) atoms. The number of rotatable bonds is 6. The Hall–Kier alpha value is -2.29. The van der Waals surface area contributed by atoms with Crippen LogP contribution in [0.2, 0.25) is 0 Å². The van der Waals surface area contributed by atoms with E-state index in [0.29, 0.717) is 11.3 Å². The number of esters is 1. The van der Waals surface area contributed by atoms with Gasteiger partial charge in [0.25, 0.3) is 0 Å². The first-order valence-corrected chi connectivity index (χ1v) is 7.51. The van der Waals surface area contributed by atoms with Gasteiger partial charge in [-0.05, 0) is 48.1 Å². The molecule has 0 heterocycles. The highest BCUT2D eigenvalue weighted by atomic mass is 16.5. The molecule has 116 valence electrons. The summed E-state index contributed by atoms with van der Waals surface area (Å²) in [5.41, 5.74) is 4.27. The fraction of sp³-hybridized carbons (Fsp3) is 0.316. The minimum atomic E-state index is -0.376. The van der Waals surface area contributed by atoms with E-state index in [9.17, 15) is 4.79 Å². The average Bonchev–Trinajstić information content (AvgIpc) is 2.59. The Morgan fingerprint density at radius 2 is 1.50 bits per heavy atom. The van der Waals surface area contributed by atoms with E-state index < -0.39 is 0 Å². The van der Waals surface area contributed by atoms with Gasteiger partial charge in [-0.3, -0.25) is 0 Å². The standard InChI is InChI=1S/C19H22O3/c1-4-14-5-7-15(8-6-14)9-10-16-11-12-17(19(20)22-3)18(13-16)21-2/h5-8,11-13H,4,9-10H2,1-3H3. The van der Waals surface area contributed by atoms with E-state index in [0.717, 1.165) is 24.8 Å². The molecule has 3 nitrogen and oxygen atoms in total. The van der Waals surface area contributed by atoms with Crippen molar-refractivity contribution < 1.29 is 14.3 Å². The Morgan fingerprint density at radius 1 is 0.909 bits per heavy atom. The Balaban J connectivity index is 2.07. The van der Waals surface area contributed by atoms with Crippen LogP contribution in [0, 0.1) is 0 Å². The van der Waals surface area contributed by atoms with Crippen LogP contribution >= 0.6 is 0 Å². The Bertz CT molecular complexity index is 630. The van der Waals surface area contributed by atoms with Gasteiger partial charge in [0.2, 0.25) is 0 Å². The topological polar surface area (TPSA) is 35.5 Å². The largest absolute Gasteiger partial charge is 0.496 e. The zero-order valence-corrected chi connectivity index (χ0v) is 13.4. The summed E-state index contributed by atoms with van der Waals surface area (Å²) in [5.74, 6) is 0.184. The van der Waals surface area contributed by atoms with Crippen molar-refractivity contribution in [3.8, 4) is 5.75 Å². The molecule has 0 atom stereocenters. The number of ether oxygens (including phenoxy) is 2. The molecule has 3 heteroatoms. The Morgan fingerprint density at radius 3 is 2.09 bits per heavy atom. The van der Waals surface area contributed by atoms with E-state index in [4.69, 9.17) is 9.47 Å². The molecule has 0 N–H and O–H groups in total. The van der Waals surface area contributed by atoms with Gasteiger partial charge in [0.15, 0.2) is 0 Å². The van der Waals surface area contributed by atoms with Gasteiger partial charge in [-0.2, -0.15) is 0 Å². The normalized spacial score (nSPS) is 10.3. The third kappa shape index (κ3) is 3.88. The Labute approximate surface area is 131 Å². The first-order valence-electron chi connectivity index (χ1n) is 7.51. The summed E-state index contributed by atoms with van der Waals surface area (Å²) >= 11 is 0. The van der Waals surface area contributed by atoms with Crippen molar-refractivity contribution in [2.24, 2.45) is 0 Å². The highest BCUT2D eigenvalue weighted by Crippen LogP contribution is 2.22.